The highest BCUT2D eigenvalue weighted by Crippen LogP contribution is 2.32. The van der Waals surface area contributed by atoms with Gasteiger partial charge in [0.1, 0.15) is 0 Å². The van der Waals surface area contributed by atoms with Crippen LogP contribution >= 0.6 is 0 Å². The first-order chi connectivity index (χ1) is 6.62. The highest BCUT2D eigenvalue weighted by atomic mass is 16.3. The van der Waals surface area contributed by atoms with E-state index in [9.17, 15) is 4.79 Å². The Labute approximate surface area is 84.9 Å². The molecule has 1 rings (SSSR count). The van der Waals surface area contributed by atoms with E-state index in [1.54, 1.807) is 0 Å². The van der Waals surface area contributed by atoms with Crippen molar-refractivity contribution >= 4 is 5.91 Å². The van der Waals surface area contributed by atoms with Crippen LogP contribution < -0.4 is 11.1 Å². The number of nitrogens with two attached hydrogens (primary N) is 1. The van der Waals surface area contributed by atoms with Crippen molar-refractivity contribution in [3.63, 3.8) is 0 Å². The Kier molecular flexibility index (Phi) is 3.89. The van der Waals surface area contributed by atoms with Gasteiger partial charge in [0.25, 0.3) is 0 Å². The molecule has 0 radical (unpaired) electrons. The zero-order chi connectivity index (χ0) is 10.6. The van der Waals surface area contributed by atoms with Gasteiger partial charge in [0, 0.05) is 13.2 Å². The van der Waals surface area contributed by atoms with Crippen LogP contribution in [0.3, 0.4) is 0 Å². The Hall–Kier alpha value is -0.610. The molecule has 0 bridgehead atoms. The van der Waals surface area contributed by atoms with Gasteiger partial charge in [0.15, 0.2) is 0 Å². The highest BCUT2D eigenvalue weighted by molar-refractivity contribution is 5.88. The molecule has 0 aromatic rings. The SMILES string of the molecule is CCC(CCO)CNC(=O)C1(N)CC1. The molecule has 14 heavy (non-hydrogen) atoms. The summed E-state index contributed by atoms with van der Waals surface area (Å²) >= 11 is 0. The predicted molar refractivity (Wildman–Crippen MR) is 54.6 cm³/mol. The summed E-state index contributed by atoms with van der Waals surface area (Å²) in [6.07, 6.45) is 3.32. The van der Waals surface area contributed by atoms with E-state index in [0.29, 0.717) is 12.5 Å². The number of rotatable bonds is 6. The van der Waals surface area contributed by atoms with E-state index in [-0.39, 0.29) is 12.5 Å². The van der Waals surface area contributed by atoms with Crippen LogP contribution in [0.15, 0.2) is 0 Å². The van der Waals surface area contributed by atoms with Crippen molar-refractivity contribution in [3.05, 3.63) is 0 Å². The molecule has 1 amide bonds. The molecule has 1 fully saturated rings. The number of hydrogen-bond acceptors (Lipinski definition) is 3. The number of carbonyl (C=O) groups is 1. The minimum atomic E-state index is -0.572. The molecule has 0 heterocycles. The minimum absolute atomic E-state index is 0.0334. The maximum absolute atomic E-state index is 11.5. The molecule has 4 heteroatoms. The topological polar surface area (TPSA) is 75.3 Å². The molecule has 0 saturated heterocycles. The average Bonchev–Trinajstić information content (AvgIpc) is 2.91. The smallest absolute Gasteiger partial charge is 0.240 e. The summed E-state index contributed by atoms with van der Waals surface area (Å²) in [7, 11) is 0. The zero-order valence-electron chi connectivity index (χ0n) is 8.75. The van der Waals surface area contributed by atoms with Crippen LogP contribution in [-0.4, -0.2) is 29.7 Å². The fraction of sp³-hybridized carbons (Fsp3) is 0.900. The van der Waals surface area contributed by atoms with Gasteiger partial charge in [0.2, 0.25) is 5.91 Å². The first-order valence-electron chi connectivity index (χ1n) is 5.30. The number of amides is 1. The summed E-state index contributed by atoms with van der Waals surface area (Å²) in [5, 5.41) is 11.6. The molecule has 4 nitrogen and oxygen atoms in total. The largest absolute Gasteiger partial charge is 0.396 e. The number of aliphatic hydroxyl groups excluding tert-OH is 1. The van der Waals surface area contributed by atoms with Gasteiger partial charge in [0.05, 0.1) is 5.54 Å². The van der Waals surface area contributed by atoms with Gasteiger partial charge in [-0.2, -0.15) is 0 Å². The first kappa shape index (κ1) is 11.5. The normalized spacial score (nSPS) is 20.2. The maximum Gasteiger partial charge on any atom is 0.240 e. The van der Waals surface area contributed by atoms with Crippen LogP contribution in [0, 0.1) is 5.92 Å². The summed E-state index contributed by atoms with van der Waals surface area (Å²) in [5.74, 6) is 0.334. The monoisotopic (exact) mass is 200 g/mol. The van der Waals surface area contributed by atoms with Gasteiger partial charge < -0.3 is 16.2 Å². The van der Waals surface area contributed by atoms with Crippen LogP contribution in [0.5, 0.6) is 0 Å². The van der Waals surface area contributed by atoms with Crippen molar-refractivity contribution in [2.24, 2.45) is 11.7 Å². The van der Waals surface area contributed by atoms with Crippen LogP contribution in [0.4, 0.5) is 0 Å². The fourth-order valence-electron chi connectivity index (χ4n) is 1.41. The second-order valence-electron chi connectivity index (χ2n) is 4.15. The molecule has 1 aliphatic carbocycles. The van der Waals surface area contributed by atoms with Gasteiger partial charge in [-0.05, 0) is 25.2 Å². The number of carbonyl (C=O) groups excluding carboxylic acids is 1. The third kappa shape index (κ3) is 2.96. The van der Waals surface area contributed by atoms with Gasteiger partial charge in [-0.3, -0.25) is 4.79 Å². The third-order valence-electron chi connectivity index (χ3n) is 2.91. The summed E-state index contributed by atoms with van der Waals surface area (Å²) < 4.78 is 0. The zero-order valence-corrected chi connectivity index (χ0v) is 8.75. The molecule has 82 valence electrons. The number of aliphatic hydroxyl groups is 1. The molecule has 0 aromatic carbocycles. The van der Waals surface area contributed by atoms with Crippen molar-refractivity contribution in [3.8, 4) is 0 Å². The van der Waals surface area contributed by atoms with E-state index in [0.717, 1.165) is 25.7 Å². The van der Waals surface area contributed by atoms with Crippen molar-refractivity contribution < 1.29 is 9.90 Å². The van der Waals surface area contributed by atoms with Crippen LogP contribution in [0.2, 0.25) is 0 Å². The van der Waals surface area contributed by atoms with Crippen molar-refractivity contribution in [1.29, 1.82) is 0 Å². The number of nitrogens with one attached hydrogen (secondary N) is 1. The molecule has 1 unspecified atom stereocenters. The quantitative estimate of drug-likeness (QED) is 0.565. The van der Waals surface area contributed by atoms with E-state index in [4.69, 9.17) is 10.8 Å². The molecular weight excluding hydrogens is 180 g/mol. The van der Waals surface area contributed by atoms with Crippen LogP contribution in [0.1, 0.15) is 32.6 Å². The highest BCUT2D eigenvalue weighted by Gasteiger charge is 2.45. The molecule has 4 N–H and O–H groups in total. The maximum atomic E-state index is 11.5. The standard InChI is InChI=1S/C10H20N2O2/c1-2-8(3-6-13)7-12-9(14)10(11)4-5-10/h8,13H,2-7,11H2,1H3,(H,12,14). The molecule has 0 aliphatic heterocycles. The van der Waals surface area contributed by atoms with E-state index in [1.165, 1.54) is 0 Å². The average molecular weight is 200 g/mol. The minimum Gasteiger partial charge on any atom is -0.396 e. The number of hydrogen-bond donors (Lipinski definition) is 3. The molecule has 1 atom stereocenters. The molecular formula is C10H20N2O2. The lowest BCUT2D eigenvalue weighted by Gasteiger charge is -2.16. The van der Waals surface area contributed by atoms with Crippen molar-refractivity contribution in [1.82, 2.24) is 5.32 Å². The summed E-state index contributed by atoms with van der Waals surface area (Å²) in [4.78, 5) is 11.5. The molecule has 0 aromatic heterocycles. The second kappa shape index (κ2) is 4.75. The summed E-state index contributed by atoms with van der Waals surface area (Å²) in [5.41, 5.74) is 5.16. The Bertz CT molecular complexity index is 202. The third-order valence-corrected chi connectivity index (χ3v) is 2.91. The van der Waals surface area contributed by atoms with E-state index in [2.05, 4.69) is 12.2 Å². The van der Waals surface area contributed by atoms with E-state index >= 15 is 0 Å². The van der Waals surface area contributed by atoms with E-state index in [1.807, 2.05) is 0 Å². The molecule has 1 aliphatic rings. The Morgan fingerprint density at radius 2 is 2.29 bits per heavy atom. The summed E-state index contributed by atoms with van der Waals surface area (Å²) in [6, 6.07) is 0. The molecule has 1 saturated carbocycles. The van der Waals surface area contributed by atoms with E-state index < -0.39 is 5.54 Å². The molecule has 0 spiro atoms. The van der Waals surface area contributed by atoms with Gasteiger partial charge in [-0.25, -0.2) is 0 Å². The fourth-order valence-corrected chi connectivity index (χ4v) is 1.41. The lowest BCUT2D eigenvalue weighted by Crippen LogP contribution is -2.44. The summed E-state index contributed by atoms with van der Waals surface area (Å²) in [6.45, 7) is 2.87. The van der Waals surface area contributed by atoms with Gasteiger partial charge >= 0.3 is 0 Å². The Balaban J connectivity index is 2.21. The van der Waals surface area contributed by atoms with Gasteiger partial charge in [-0.15, -0.1) is 0 Å². The van der Waals surface area contributed by atoms with Crippen molar-refractivity contribution in [2.45, 2.75) is 38.1 Å². The second-order valence-corrected chi connectivity index (χ2v) is 4.15. The Morgan fingerprint density at radius 1 is 1.64 bits per heavy atom. The first-order valence-corrected chi connectivity index (χ1v) is 5.30. The predicted octanol–water partition coefficient (Wildman–Crippen LogP) is 0.00250. The van der Waals surface area contributed by atoms with Crippen LogP contribution in [0.25, 0.3) is 0 Å². The van der Waals surface area contributed by atoms with Gasteiger partial charge in [-0.1, -0.05) is 13.3 Å². The van der Waals surface area contributed by atoms with Crippen molar-refractivity contribution in [2.75, 3.05) is 13.2 Å². The Morgan fingerprint density at radius 3 is 2.71 bits per heavy atom. The lowest BCUT2D eigenvalue weighted by atomic mass is 10.0. The van der Waals surface area contributed by atoms with Crippen LogP contribution in [-0.2, 0) is 4.79 Å². The lowest BCUT2D eigenvalue weighted by molar-refractivity contribution is -0.123.